The highest BCUT2D eigenvalue weighted by molar-refractivity contribution is 6.66. The van der Waals surface area contributed by atoms with E-state index in [1.54, 1.807) is 0 Å². The Bertz CT molecular complexity index is 204. The number of allylic oxidation sites excluding steroid dienone is 4. The van der Waals surface area contributed by atoms with Crippen LogP contribution in [0.3, 0.4) is 0 Å². The SMILES string of the molecule is O=C(Cl)C=CC1=CCCCC1. The van der Waals surface area contributed by atoms with Crippen LogP contribution in [0.2, 0.25) is 0 Å². The van der Waals surface area contributed by atoms with E-state index in [0.717, 1.165) is 12.8 Å². The number of rotatable bonds is 2. The molecule has 2 heteroatoms. The van der Waals surface area contributed by atoms with E-state index in [1.807, 2.05) is 6.08 Å². The summed E-state index contributed by atoms with van der Waals surface area (Å²) in [6.45, 7) is 0. The van der Waals surface area contributed by atoms with Gasteiger partial charge < -0.3 is 0 Å². The van der Waals surface area contributed by atoms with Crippen molar-refractivity contribution in [3.63, 3.8) is 0 Å². The van der Waals surface area contributed by atoms with Gasteiger partial charge in [0.15, 0.2) is 0 Å². The van der Waals surface area contributed by atoms with E-state index in [-0.39, 0.29) is 0 Å². The van der Waals surface area contributed by atoms with Crippen molar-refractivity contribution in [3.8, 4) is 0 Å². The lowest BCUT2D eigenvalue weighted by Gasteiger charge is -2.07. The van der Waals surface area contributed by atoms with Crippen molar-refractivity contribution in [2.24, 2.45) is 0 Å². The highest BCUT2D eigenvalue weighted by Gasteiger charge is 1.99. The second kappa shape index (κ2) is 4.35. The fourth-order valence-corrected chi connectivity index (χ4v) is 1.25. The maximum absolute atomic E-state index is 10.3. The summed E-state index contributed by atoms with van der Waals surface area (Å²) in [5, 5.41) is -0.392. The first kappa shape index (κ1) is 8.54. The van der Waals surface area contributed by atoms with Gasteiger partial charge in [-0.3, -0.25) is 4.79 Å². The van der Waals surface area contributed by atoms with Crippen LogP contribution in [0.25, 0.3) is 0 Å². The minimum atomic E-state index is -0.392. The van der Waals surface area contributed by atoms with Gasteiger partial charge in [0.1, 0.15) is 0 Å². The summed E-state index contributed by atoms with van der Waals surface area (Å²) in [5.74, 6) is 0. The molecule has 0 heterocycles. The fourth-order valence-electron chi connectivity index (χ4n) is 1.19. The van der Waals surface area contributed by atoms with E-state index < -0.39 is 5.24 Å². The van der Waals surface area contributed by atoms with E-state index in [9.17, 15) is 4.79 Å². The lowest BCUT2D eigenvalue weighted by molar-refractivity contribution is -0.107. The second-order valence-corrected chi connectivity index (χ2v) is 3.03. The van der Waals surface area contributed by atoms with E-state index >= 15 is 0 Å². The number of hydrogen-bond donors (Lipinski definition) is 0. The Morgan fingerprint density at radius 2 is 2.36 bits per heavy atom. The smallest absolute Gasteiger partial charge is 0.245 e. The third kappa shape index (κ3) is 3.38. The Labute approximate surface area is 71.7 Å². The van der Waals surface area contributed by atoms with Crippen LogP contribution in [0.4, 0.5) is 0 Å². The summed E-state index contributed by atoms with van der Waals surface area (Å²) >= 11 is 5.14. The van der Waals surface area contributed by atoms with E-state index in [0.29, 0.717) is 0 Å². The molecule has 11 heavy (non-hydrogen) atoms. The molecule has 1 aliphatic rings. The van der Waals surface area contributed by atoms with Crippen LogP contribution in [0.15, 0.2) is 23.8 Å². The van der Waals surface area contributed by atoms with E-state index in [4.69, 9.17) is 11.6 Å². The zero-order chi connectivity index (χ0) is 8.10. The monoisotopic (exact) mass is 170 g/mol. The average molecular weight is 171 g/mol. The molecule has 0 amide bonds. The van der Waals surface area contributed by atoms with Gasteiger partial charge in [-0.1, -0.05) is 17.7 Å². The fraction of sp³-hybridized carbons (Fsp3) is 0.444. The van der Waals surface area contributed by atoms with Crippen LogP contribution in [0.1, 0.15) is 25.7 Å². The molecular weight excluding hydrogens is 160 g/mol. The third-order valence-electron chi connectivity index (χ3n) is 1.75. The van der Waals surface area contributed by atoms with Gasteiger partial charge in [-0.15, -0.1) is 0 Å². The largest absolute Gasteiger partial charge is 0.276 e. The molecule has 0 saturated carbocycles. The number of hydrogen-bond acceptors (Lipinski definition) is 1. The molecule has 0 fully saturated rings. The summed E-state index contributed by atoms with van der Waals surface area (Å²) in [7, 11) is 0. The molecule has 0 aliphatic heterocycles. The molecule has 0 spiro atoms. The standard InChI is InChI=1S/C9H11ClO/c10-9(11)7-6-8-4-2-1-3-5-8/h4,6-7H,1-3,5H2. The van der Waals surface area contributed by atoms with Crippen LogP contribution in [-0.4, -0.2) is 5.24 Å². The minimum absolute atomic E-state index is 0.392. The molecule has 0 N–H and O–H groups in total. The molecule has 0 aromatic heterocycles. The Hall–Kier alpha value is -0.560. The Morgan fingerprint density at radius 3 is 2.91 bits per heavy atom. The van der Waals surface area contributed by atoms with E-state index in [1.165, 1.54) is 24.5 Å². The number of halogens is 1. The average Bonchev–Trinajstić information content (AvgIpc) is 2.03. The number of carbonyl (C=O) groups excluding carboxylic acids is 1. The van der Waals surface area contributed by atoms with Crippen molar-refractivity contribution in [1.29, 1.82) is 0 Å². The summed E-state index contributed by atoms with van der Waals surface area (Å²) in [4.78, 5) is 10.3. The third-order valence-corrected chi connectivity index (χ3v) is 1.88. The second-order valence-electron chi connectivity index (χ2n) is 2.66. The van der Waals surface area contributed by atoms with Gasteiger partial charge in [0.05, 0.1) is 0 Å². The molecule has 0 bridgehead atoms. The molecule has 1 nitrogen and oxygen atoms in total. The Balaban J connectivity index is 2.47. The topological polar surface area (TPSA) is 17.1 Å². The lowest BCUT2D eigenvalue weighted by atomic mass is 9.99. The zero-order valence-electron chi connectivity index (χ0n) is 6.35. The van der Waals surface area contributed by atoms with Crippen molar-refractivity contribution in [3.05, 3.63) is 23.8 Å². The van der Waals surface area contributed by atoms with Crippen molar-refractivity contribution in [2.45, 2.75) is 25.7 Å². The molecule has 1 rings (SSSR count). The first-order chi connectivity index (χ1) is 5.29. The highest BCUT2D eigenvalue weighted by atomic mass is 35.5. The number of carbonyl (C=O) groups is 1. The summed E-state index contributed by atoms with van der Waals surface area (Å²) < 4.78 is 0. The van der Waals surface area contributed by atoms with Crippen molar-refractivity contribution in [2.75, 3.05) is 0 Å². The minimum Gasteiger partial charge on any atom is -0.276 e. The maximum atomic E-state index is 10.3. The van der Waals surface area contributed by atoms with Crippen LogP contribution in [0.5, 0.6) is 0 Å². The van der Waals surface area contributed by atoms with E-state index in [2.05, 4.69) is 6.08 Å². The quantitative estimate of drug-likeness (QED) is 0.460. The summed E-state index contributed by atoms with van der Waals surface area (Å²) in [6, 6.07) is 0. The molecule has 60 valence electrons. The zero-order valence-corrected chi connectivity index (χ0v) is 7.10. The Morgan fingerprint density at radius 1 is 1.55 bits per heavy atom. The van der Waals surface area contributed by atoms with Gasteiger partial charge in [0.25, 0.3) is 0 Å². The normalized spacial score (nSPS) is 18.5. The molecular formula is C9H11ClO. The molecule has 0 aromatic carbocycles. The molecule has 0 aromatic rings. The predicted molar refractivity (Wildman–Crippen MR) is 46.6 cm³/mol. The van der Waals surface area contributed by atoms with Crippen molar-refractivity contribution in [1.82, 2.24) is 0 Å². The van der Waals surface area contributed by atoms with Gasteiger partial charge in [0, 0.05) is 0 Å². The lowest BCUT2D eigenvalue weighted by Crippen LogP contribution is -1.88. The van der Waals surface area contributed by atoms with Gasteiger partial charge in [0.2, 0.25) is 5.24 Å². The molecule has 0 radical (unpaired) electrons. The Kier molecular flexibility index (Phi) is 3.37. The van der Waals surface area contributed by atoms with Crippen molar-refractivity contribution >= 4 is 16.8 Å². The summed E-state index contributed by atoms with van der Waals surface area (Å²) in [6.07, 6.45) is 10.1. The van der Waals surface area contributed by atoms with Gasteiger partial charge >= 0.3 is 0 Å². The first-order valence-corrected chi connectivity index (χ1v) is 4.23. The maximum Gasteiger partial charge on any atom is 0.245 e. The van der Waals surface area contributed by atoms with Crippen molar-refractivity contribution < 1.29 is 4.79 Å². The molecule has 0 unspecified atom stereocenters. The van der Waals surface area contributed by atoms with Gasteiger partial charge in [-0.05, 0) is 43.4 Å². The predicted octanol–water partition coefficient (Wildman–Crippen LogP) is 2.81. The first-order valence-electron chi connectivity index (χ1n) is 3.85. The van der Waals surface area contributed by atoms with Crippen LogP contribution in [0, 0.1) is 0 Å². The van der Waals surface area contributed by atoms with Gasteiger partial charge in [-0.25, -0.2) is 0 Å². The van der Waals surface area contributed by atoms with Crippen LogP contribution >= 0.6 is 11.6 Å². The summed E-state index contributed by atoms with van der Waals surface area (Å²) in [5.41, 5.74) is 1.24. The van der Waals surface area contributed by atoms with Crippen LogP contribution < -0.4 is 0 Å². The van der Waals surface area contributed by atoms with Crippen LogP contribution in [-0.2, 0) is 4.79 Å². The molecule has 1 aliphatic carbocycles. The highest BCUT2D eigenvalue weighted by Crippen LogP contribution is 2.17. The van der Waals surface area contributed by atoms with Gasteiger partial charge in [-0.2, -0.15) is 0 Å². The molecule has 0 saturated heterocycles. The molecule has 0 atom stereocenters.